The average molecular weight is 478 g/mol. The molecule has 0 saturated carbocycles. The summed E-state index contributed by atoms with van der Waals surface area (Å²) in [6.07, 6.45) is -0.424. The van der Waals surface area contributed by atoms with E-state index in [1.807, 2.05) is 39.0 Å². The highest BCUT2D eigenvalue weighted by Crippen LogP contribution is 2.06. The number of amides is 1. The molecule has 0 aromatic heterocycles. The van der Waals surface area contributed by atoms with Crippen molar-refractivity contribution in [2.75, 3.05) is 27.2 Å². The van der Waals surface area contributed by atoms with Crippen molar-refractivity contribution in [1.82, 2.24) is 16.0 Å². The minimum Gasteiger partial charge on any atom is -0.444 e. The SMILES string of the molecule is CN=C(NCCNC(=O)OC(C)(C)C)NCc1cccc(COC)c1.I. The standard InChI is InChI=1S/C18H30N4O3.HI/c1-18(2,3)25-17(23)21-10-9-20-16(19-4)22-12-14-7-6-8-15(11-14)13-24-5;/h6-8,11H,9-10,12-13H2,1-5H3,(H,21,23)(H2,19,20,22);1H. The van der Waals surface area contributed by atoms with Crippen LogP contribution in [0.1, 0.15) is 31.9 Å². The molecule has 8 heteroatoms. The number of carbonyl (C=O) groups excluding carboxylic acids is 1. The number of ether oxygens (including phenoxy) is 2. The van der Waals surface area contributed by atoms with Gasteiger partial charge in [-0.25, -0.2) is 4.79 Å². The number of hydrogen-bond acceptors (Lipinski definition) is 4. The van der Waals surface area contributed by atoms with Crippen LogP contribution in [0.4, 0.5) is 4.79 Å². The molecule has 3 N–H and O–H groups in total. The molecule has 26 heavy (non-hydrogen) atoms. The lowest BCUT2D eigenvalue weighted by Crippen LogP contribution is -2.42. The number of nitrogens with one attached hydrogen (secondary N) is 3. The van der Waals surface area contributed by atoms with Crippen LogP contribution in [-0.2, 0) is 22.6 Å². The van der Waals surface area contributed by atoms with Crippen LogP contribution in [0.5, 0.6) is 0 Å². The van der Waals surface area contributed by atoms with Gasteiger partial charge in [0.15, 0.2) is 5.96 Å². The van der Waals surface area contributed by atoms with Gasteiger partial charge in [-0.15, -0.1) is 24.0 Å². The molecule has 0 aliphatic rings. The molecule has 1 rings (SSSR count). The molecule has 0 aliphatic carbocycles. The third-order valence-electron chi connectivity index (χ3n) is 3.07. The first kappa shape index (κ1) is 24.5. The second-order valence-corrected chi connectivity index (χ2v) is 6.53. The van der Waals surface area contributed by atoms with Crippen molar-refractivity contribution in [1.29, 1.82) is 0 Å². The number of carbonyl (C=O) groups is 1. The zero-order chi connectivity index (χ0) is 18.7. The molecule has 0 atom stereocenters. The lowest BCUT2D eigenvalue weighted by atomic mass is 10.1. The Morgan fingerprint density at radius 3 is 2.38 bits per heavy atom. The Morgan fingerprint density at radius 2 is 1.77 bits per heavy atom. The highest BCUT2D eigenvalue weighted by molar-refractivity contribution is 14.0. The largest absolute Gasteiger partial charge is 0.444 e. The predicted octanol–water partition coefficient (Wildman–Crippen LogP) is 2.64. The van der Waals surface area contributed by atoms with Crippen molar-refractivity contribution in [3.05, 3.63) is 35.4 Å². The van der Waals surface area contributed by atoms with Gasteiger partial charge in [0.25, 0.3) is 0 Å². The normalized spacial score (nSPS) is 11.3. The number of aliphatic imine (C=N–C) groups is 1. The summed E-state index contributed by atoms with van der Waals surface area (Å²) < 4.78 is 10.3. The molecule has 1 aromatic carbocycles. The fraction of sp³-hybridized carbons (Fsp3) is 0.556. The Labute approximate surface area is 173 Å². The van der Waals surface area contributed by atoms with Crippen LogP contribution in [0.25, 0.3) is 0 Å². The molecule has 0 heterocycles. The van der Waals surface area contributed by atoms with Crippen LogP contribution in [0.15, 0.2) is 29.3 Å². The van der Waals surface area contributed by atoms with E-state index in [2.05, 4.69) is 27.0 Å². The van der Waals surface area contributed by atoms with Crippen molar-refractivity contribution in [3.8, 4) is 0 Å². The van der Waals surface area contributed by atoms with E-state index in [-0.39, 0.29) is 24.0 Å². The van der Waals surface area contributed by atoms with Gasteiger partial charge in [0.2, 0.25) is 0 Å². The zero-order valence-electron chi connectivity index (χ0n) is 16.2. The molecule has 0 unspecified atom stereocenters. The summed E-state index contributed by atoms with van der Waals surface area (Å²) in [6, 6.07) is 8.17. The summed E-state index contributed by atoms with van der Waals surface area (Å²) in [7, 11) is 3.39. The van der Waals surface area contributed by atoms with Gasteiger partial charge in [-0.3, -0.25) is 4.99 Å². The van der Waals surface area contributed by atoms with Gasteiger partial charge >= 0.3 is 6.09 Å². The third kappa shape index (κ3) is 11.1. The summed E-state index contributed by atoms with van der Waals surface area (Å²) in [6.45, 7) is 7.73. The number of guanidine groups is 1. The Morgan fingerprint density at radius 1 is 1.12 bits per heavy atom. The minimum atomic E-state index is -0.494. The summed E-state index contributed by atoms with van der Waals surface area (Å²) in [5, 5.41) is 9.07. The fourth-order valence-electron chi connectivity index (χ4n) is 2.06. The van der Waals surface area contributed by atoms with E-state index in [0.29, 0.717) is 32.2 Å². The molecule has 0 fully saturated rings. The van der Waals surface area contributed by atoms with Crippen molar-refractivity contribution in [2.45, 2.75) is 39.5 Å². The smallest absolute Gasteiger partial charge is 0.407 e. The molecule has 0 radical (unpaired) electrons. The molecule has 0 saturated heterocycles. The van der Waals surface area contributed by atoms with E-state index in [9.17, 15) is 4.79 Å². The summed E-state index contributed by atoms with van der Waals surface area (Å²) >= 11 is 0. The van der Waals surface area contributed by atoms with Gasteiger partial charge in [-0.1, -0.05) is 24.3 Å². The highest BCUT2D eigenvalue weighted by atomic mass is 127. The minimum absolute atomic E-state index is 0. The molecule has 1 aromatic rings. The summed E-state index contributed by atoms with van der Waals surface area (Å²) in [5.74, 6) is 0.670. The van der Waals surface area contributed by atoms with Crippen molar-refractivity contribution in [2.24, 2.45) is 4.99 Å². The van der Waals surface area contributed by atoms with E-state index in [1.54, 1.807) is 14.2 Å². The van der Waals surface area contributed by atoms with Crippen LogP contribution >= 0.6 is 24.0 Å². The molecule has 0 aliphatic heterocycles. The van der Waals surface area contributed by atoms with E-state index in [4.69, 9.17) is 9.47 Å². The van der Waals surface area contributed by atoms with Crippen LogP contribution in [0.3, 0.4) is 0 Å². The topological polar surface area (TPSA) is 84.0 Å². The number of alkyl carbamates (subject to hydrolysis) is 1. The van der Waals surface area contributed by atoms with Crippen molar-refractivity contribution >= 4 is 36.0 Å². The number of halogens is 1. The maximum absolute atomic E-state index is 11.6. The van der Waals surface area contributed by atoms with E-state index in [0.717, 1.165) is 11.1 Å². The first-order valence-electron chi connectivity index (χ1n) is 8.32. The zero-order valence-corrected chi connectivity index (χ0v) is 18.5. The quantitative estimate of drug-likeness (QED) is 0.243. The first-order valence-corrected chi connectivity index (χ1v) is 8.32. The second-order valence-electron chi connectivity index (χ2n) is 6.53. The molecular weight excluding hydrogens is 447 g/mol. The van der Waals surface area contributed by atoms with Crippen LogP contribution in [0, 0.1) is 0 Å². The predicted molar refractivity (Wildman–Crippen MR) is 115 cm³/mol. The Balaban J connectivity index is 0.00000625. The average Bonchev–Trinajstić information content (AvgIpc) is 2.53. The molecule has 7 nitrogen and oxygen atoms in total. The van der Waals surface area contributed by atoms with Gasteiger partial charge in [0.05, 0.1) is 6.61 Å². The van der Waals surface area contributed by atoms with Gasteiger partial charge in [0, 0.05) is 33.8 Å². The molecule has 1 amide bonds. The molecule has 0 spiro atoms. The van der Waals surface area contributed by atoms with Crippen molar-refractivity contribution < 1.29 is 14.3 Å². The Hall–Kier alpha value is -1.55. The third-order valence-corrected chi connectivity index (χ3v) is 3.07. The van der Waals surface area contributed by atoms with Gasteiger partial charge in [-0.05, 0) is 31.9 Å². The summed E-state index contributed by atoms with van der Waals surface area (Å²) in [4.78, 5) is 15.7. The van der Waals surface area contributed by atoms with Gasteiger partial charge < -0.3 is 25.4 Å². The fourth-order valence-corrected chi connectivity index (χ4v) is 2.06. The molecular formula is C18H31IN4O3. The lowest BCUT2D eigenvalue weighted by molar-refractivity contribution is 0.0529. The van der Waals surface area contributed by atoms with Crippen LogP contribution < -0.4 is 16.0 Å². The van der Waals surface area contributed by atoms with Gasteiger partial charge in [-0.2, -0.15) is 0 Å². The van der Waals surface area contributed by atoms with Gasteiger partial charge in [0.1, 0.15) is 5.60 Å². The number of methoxy groups -OCH3 is 1. The summed E-state index contributed by atoms with van der Waals surface area (Å²) in [5.41, 5.74) is 1.78. The second kappa shape index (κ2) is 12.7. The van der Waals surface area contributed by atoms with E-state index >= 15 is 0 Å². The molecule has 0 bridgehead atoms. The number of benzene rings is 1. The van der Waals surface area contributed by atoms with Crippen LogP contribution in [0.2, 0.25) is 0 Å². The van der Waals surface area contributed by atoms with E-state index in [1.165, 1.54) is 0 Å². The lowest BCUT2D eigenvalue weighted by Gasteiger charge is -2.20. The van der Waals surface area contributed by atoms with Crippen LogP contribution in [-0.4, -0.2) is 44.9 Å². The van der Waals surface area contributed by atoms with E-state index < -0.39 is 11.7 Å². The highest BCUT2D eigenvalue weighted by Gasteiger charge is 2.15. The number of hydrogen-bond donors (Lipinski definition) is 3. The Kier molecular flexibility index (Phi) is 12.0. The molecule has 148 valence electrons. The van der Waals surface area contributed by atoms with Crippen molar-refractivity contribution in [3.63, 3.8) is 0 Å². The first-order chi connectivity index (χ1) is 11.8. The number of nitrogens with zero attached hydrogens (tertiary/aromatic N) is 1. The maximum atomic E-state index is 11.6. The maximum Gasteiger partial charge on any atom is 0.407 e. The number of rotatable bonds is 7. The Bertz CT molecular complexity index is 574. The monoisotopic (exact) mass is 478 g/mol.